The van der Waals surface area contributed by atoms with Crippen LogP contribution in [0.2, 0.25) is 0 Å². The summed E-state index contributed by atoms with van der Waals surface area (Å²) in [6.07, 6.45) is 2.23. The summed E-state index contributed by atoms with van der Waals surface area (Å²) in [7, 11) is 0. The Hall–Kier alpha value is -1.32. The smallest absolute Gasteiger partial charge is 0.0485 e. The molecule has 0 saturated heterocycles. The molecule has 0 fully saturated rings. The van der Waals surface area contributed by atoms with Gasteiger partial charge in [0.05, 0.1) is 0 Å². The van der Waals surface area contributed by atoms with Crippen molar-refractivity contribution in [2.24, 2.45) is 5.73 Å². The zero-order valence-corrected chi connectivity index (χ0v) is 11.7. The summed E-state index contributed by atoms with van der Waals surface area (Å²) in [5.41, 5.74) is 10.2. The molecule has 2 N–H and O–H groups in total. The van der Waals surface area contributed by atoms with Crippen LogP contribution in [-0.2, 0) is 19.5 Å². The van der Waals surface area contributed by atoms with Crippen LogP contribution in [0.3, 0.4) is 0 Å². The maximum atomic E-state index is 5.69. The Kier molecular flexibility index (Phi) is 3.58. The Morgan fingerprint density at radius 3 is 2.89 bits per heavy atom. The van der Waals surface area contributed by atoms with Crippen LogP contribution >= 0.6 is 0 Å². The molecule has 0 radical (unpaired) electrons. The molecule has 3 nitrogen and oxygen atoms in total. The monoisotopic (exact) mass is 257 g/mol. The predicted octanol–water partition coefficient (Wildman–Crippen LogP) is 2.37. The van der Waals surface area contributed by atoms with Crippen LogP contribution in [0.15, 0.2) is 24.3 Å². The number of benzene rings is 1. The summed E-state index contributed by atoms with van der Waals surface area (Å²) < 4.78 is 2.50. The largest absolute Gasteiger partial charge is 0.344 e. The van der Waals surface area contributed by atoms with Crippen LogP contribution in [0, 0.1) is 0 Å². The van der Waals surface area contributed by atoms with Gasteiger partial charge in [-0.2, -0.15) is 0 Å². The number of nitrogens with two attached hydrogens (primary N) is 1. The molecule has 1 aliphatic rings. The van der Waals surface area contributed by atoms with Gasteiger partial charge >= 0.3 is 0 Å². The van der Waals surface area contributed by atoms with Gasteiger partial charge in [-0.25, -0.2) is 0 Å². The van der Waals surface area contributed by atoms with E-state index in [9.17, 15) is 0 Å². The zero-order valence-electron chi connectivity index (χ0n) is 11.7. The molecule has 102 valence electrons. The standard InChI is InChI=1S/C16H23N3/c1-2-18-11-8-16-14(12-18)13-6-3-4-7-15(13)19(16)10-5-9-17/h3-4,6-7H,2,5,8-12,17H2,1H3. The van der Waals surface area contributed by atoms with Crippen molar-refractivity contribution in [2.45, 2.75) is 32.9 Å². The Morgan fingerprint density at radius 2 is 2.11 bits per heavy atom. The van der Waals surface area contributed by atoms with E-state index < -0.39 is 0 Å². The molecule has 0 atom stereocenters. The normalized spacial score (nSPS) is 15.9. The lowest BCUT2D eigenvalue weighted by Crippen LogP contribution is -2.30. The predicted molar refractivity (Wildman–Crippen MR) is 80.3 cm³/mol. The number of para-hydroxylation sites is 1. The minimum Gasteiger partial charge on any atom is -0.344 e. The lowest BCUT2D eigenvalue weighted by molar-refractivity contribution is 0.265. The van der Waals surface area contributed by atoms with Crippen molar-refractivity contribution in [3.8, 4) is 0 Å². The SMILES string of the molecule is CCN1CCc2c(c3ccccc3n2CCCN)C1. The summed E-state index contributed by atoms with van der Waals surface area (Å²) in [5.74, 6) is 0. The third kappa shape index (κ3) is 2.17. The van der Waals surface area contributed by atoms with Gasteiger partial charge in [0.25, 0.3) is 0 Å². The van der Waals surface area contributed by atoms with Crippen molar-refractivity contribution in [2.75, 3.05) is 19.6 Å². The van der Waals surface area contributed by atoms with E-state index >= 15 is 0 Å². The Bertz CT molecular complexity index is 538. The van der Waals surface area contributed by atoms with Crippen LogP contribution in [0.5, 0.6) is 0 Å². The molecule has 0 aliphatic carbocycles. The molecule has 0 unspecified atom stereocenters. The van der Waals surface area contributed by atoms with Crippen LogP contribution in [0.25, 0.3) is 10.9 Å². The summed E-state index contributed by atoms with van der Waals surface area (Å²) in [5, 5.41) is 1.44. The first-order valence-corrected chi connectivity index (χ1v) is 7.36. The lowest BCUT2D eigenvalue weighted by atomic mass is 10.0. The van der Waals surface area contributed by atoms with Crippen LogP contribution < -0.4 is 5.73 Å². The van der Waals surface area contributed by atoms with Crippen LogP contribution in [0.1, 0.15) is 24.6 Å². The Labute approximate surface area is 115 Å². The highest BCUT2D eigenvalue weighted by Crippen LogP contribution is 2.30. The first kappa shape index (κ1) is 12.7. The third-order valence-electron chi connectivity index (χ3n) is 4.27. The van der Waals surface area contributed by atoms with E-state index in [4.69, 9.17) is 5.73 Å². The fourth-order valence-corrected chi connectivity index (χ4v) is 3.23. The molecule has 1 aromatic heterocycles. The van der Waals surface area contributed by atoms with Gasteiger partial charge in [0.15, 0.2) is 0 Å². The number of fused-ring (bicyclic) bond motifs is 3. The highest BCUT2D eigenvalue weighted by molar-refractivity contribution is 5.85. The second-order valence-electron chi connectivity index (χ2n) is 5.36. The molecule has 3 rings (SSSR count). The van der Waals surface area contributed by atoms with Crippen molar-refractivity contribution in [1.29, 1.82) is 0 Å². The molecule has 0 amide bonds. The maximum absolute atomic E-state index is 5.69. The van der Waals surface area contributed by atoms with Crippen molar-refractivity contribution in [3.05, 3.63) is 35.5 Å². The summed E-state index contributed by atoms with van der Waals surface area (Å²) in [4.78, 5) is 2.53. The summed E-state index contributed by atoms with van der Waals surface area (Å²) >= 11 is 0. The molecule has 19 heavy (non-hydrogen) atoms. The minimum absolute atomic E-state index is 0.766. The summed E-state index contributed by atoms with van der Waals surface area (Å²) in [6.45, 7) is 7.49. The lowest BCUT2D eigenvalue weighted by Gasteiger charge is -2.26. The quantitative estimate of drug-likeness (QED) is 0.912. The van der Waals surface area contributed by atoms with Crippen LogP contribution in [-0.4, -0.2) is 29.1 Å². The molecule has 2 heterocycles. The molecule has 3 heteroatoms. The average Bonchev–Trinajstić information content (AvgIpc) is 2.78. The molecular formula is C16H23N3. The van der Waals surface area contributed by atoms with E-state index in [0.717, 1.165) is 32.6 Å². The highest BCUT2D eigenvalue weighted by Gasteiger charge is 2.22. The van der Waals surface area contributed by atoms with E-state index in [2.05, 4.69) is 40.7 Å². The van der Waals surface area contributed by atoms with Crippen molar-refractivity contribution < 1.29 is 0 Å². The molecule has 0 bridgehead atoms. The third-order valence-corrected chi connectivity index (χ3v) is 4.27. The zero-order chi connectivity index (χ0) is 13.2. The highest BCUT2D eigenvalue weighted by atomic mass is 15.1. The maximum Gasteiger partial charge on any atom is 0.0485 e. The second-order valence-corrected chi connectivity index (χ2v) is 5.36. The number of aryl methyl sites for hydroxylation is 1. The summed E-state index contributed by atoms with van der Waals surface area (Å²) in [6, 6.07) is 8.82. The van der Waals surface area contributed by atoms with Gasteiger partial charge in [0.1, 0.15) is 0 Å². The van der Waals surface area contributed by atoms with Gasteiger partial charge in [-0.05, 0) is 31.1 Å². The van der Waals surface area contributed by atoms with Crippen LogP contribution in [0.4, 0.5) is 0 Å². The number of aromatic nitrogens is 1. The number of rotatable bonds is 4. The topological polar surface area (TPSA) is 34.2 Å². The second kappa shape index (κ2) is 5.35. The van der Waals surface area contributed by atoms with Gasteiger partial charge in [0, 0.05) is 42.7 Å². The molecule has 0 spiro atoms. The fourth-order valence-electron chi connectivity index (χ4n) is 3.23. The van der Waals surface area contributed by atoms with Gasteiger partial charge in [-0.1, -0.05) is 25.1 Å². The van der Waals surface area contributed by atoms with E-state index in [-0.39, 0.29) is 0 Å². The van der Waals surface area contributed by atoms with Crippen molar-refractivity contribution in [1.82, 2.24) is 9.47 Å². The van der Waals surface area contributed by atoms with Gasteiger partial charge < -0.3 is 10.3 Å². The van der Waals surface area contributed by atoms with Gasteiger partial charge in [0.2, 0.25) is 0 Å². The fraction of sp³-hybridized carbons (Fsp3) is 0.500. The number of hydrogen-bond donors (Lipinski definition) is 1. The Balaban J connectivity index is 2.10. The molecule has 0 saturated carbocycles. The number of nitrogens with zero attached hydrogens (tertiary/aromatic N) is 2. The van der Waals surface area contributed by atoms with E-state index in [0.29, 0.717) is 0 Å². The van der Waals surface area contributed by atoms with Gasteiger partial charge in [-0.15, -0.1) is 0 Å². The van der Waals surface area contributed by atoms with Crippen molar-refractivity contribution in [3.63, 3.8) is 0 Å². The Morgan fingerprint density at radius 1 is 1.26 bits per heavy atom. The molecule has 2 aromatic rings. The molecule has 1 aromatic carbocycles. The van der Waals surface area contributed by atoms with E-state index in [1.54, 1.807) is 11.3 Å². The first-order valence-electron chi connectivity index (χ1n) is 7.36. The van der Waals surface area contributed by atoms with Crippen molar-refractivity contribution >= 4 is 10.9 Å². The van der Waals surface area contributed by atoms with E-state index in [1.165, 1.54) is 23.9 Å². The minimum atomic E-state index is 0.766. The average molecular weight is 257 g/mol. The molecule has 1 aliphatic heterocycles. The van der Waals surface area contributed by atoms with E-state index in [1.807, 2.05) is 0 Å². The number of hydrogen-bond acceptors (Lipinski definition) is 2. The molecular weight excluding hydrogens is 234 g/mol. The number of likely N-dealkylation sites (N-methyl/N-ethyl adjacent to an activating group) is 1. The first-order chi connectivity index (χ1) is 9.35. The van der Waals surface area contributed by atoms with Gasteiger partial charge in [-0.3, -0.25) is 4.90 Å².